The summed E-state index contributed by atoms with van der Waals surface area (Å²) in [5.74, 6) is -0.000453. The van der Waals surface area contributed by atoms with Crippen molar-refractivity contribution in [2.75, 3.05) is 17.4 Å². The molecule has 0 fully saturated rings. The second kappa shape index (κ2) is 7.96. The van der Waals surface area contributed by atoms with Crippen LogP contribution in [0.25, 0.3) is 0 Å². The fourth-order valence-electron chi connectivity index (χ4n) is 1.69. The largest absolute Gasteiger partial charge is 0.326 e. The normalized spacial score (nSPS) is 10.0. The Kier molecular flexibility index (Phi) is 5.61. The van der Waals surface area contributed by atoms with E-state index < -0.39 is 0 Å². The van der Waals surface area contributed by atoms with Crippen LogP contribution in [0.3, 0.4) is 0 Å². The average Bonchev–Trinajstić information content (AvgIpc) is 2.49. The molecule has 0 aromatic heterocycles. The number of carbonyl (C=O) groups is 1. The highest BCUT2D eigenvalue weighted by Crippen LogP contribution is 2.07. The molecule has 2 aromatic carbocycles. The second-order valence-electron chi connectivity index (χ2n) is 4.33. The molecule has 2 aromatic rings. The summed E-state index contributed by atoms with van der Waals surface area (Å²) in [5, 5.41) is 2.84. The summed E-state index contributed by atoms with van der Waals surface area (Å²) in [5.41, 5.74) is 4.56. The van der Waals surface area contributed by atoms with Gasteiger partial charge >= 0.3 is 0 Å². The molecule has 0 atom stereocenters. The Labute approximate surface area is 118 Å². The molecule has 0 aliphatic heterocycles. The van der Waals surface area contributed by atoms with Crippen molar-refractivity contribution in [3.8, 4) is 0 Å². The summed E-state index contributed by atoms with van der Waals surface area (Å²) in [6, 6.07) is 19.1. The van der Waals surface area contributed by atoms with Crippen molar-refractivity contribution >= 4 is 17.3 Å². The van der Waals surface area contributed by atoms with Crippen LogP contribution in [0.15, 0.2) is 60.7 Å². The van der Waals surface area contributed by atoms with Gasteiger partial charge in [0.1, 0.15) is 0 Å². The molecule has 0 bridgehead atoms. The van der Waals surface area contributed by atoms with Crippen molar-refractivity contribution in [1.29, 1.82) is 0 Å². The summed E-state index contributed by atoms with van der Waals surface area (Å²) < 4.78 is 0. The average molecular weight is 270 g/mol. The first kappa shape index (κ1) is 14.1. The minimum atomic E-state index is -0.000453. The van der Waals surface area contributed by atoms with Crippen LogP contribution in [0, 0.1) is 0 Å². The number of benzene rings is 2. The SMILES string of the molecule is O=C(CCCONc1ccccc1)Nc1ccccc1. The fourth-order valence-corrected chi connectivity index (χ4v) is 1.69. The molecule has 0 aliphatic rings. The monoisotopic (exact) mass is 270 g/mol. The van der Waals surface area contributed by atoms with Gasteiger partial charge in [0.2, 0.25) is 5.91 Å². The van der Waals surface area contributed by atoms with Crippen LogP contribution in [0.4, 0.5) is 11.4 Å². The number of carbonyl (C=O) groups excluding carboxylic acids is 1. The molecule has 2 N–H and O–H groups in total. The third-order valence-corrected chi connectivity index (χ3v) is 2.67. The van der Waals surface area contributed by atoms with Crippen molar-refractivity contribution in [1.82, 2.24) is 0 Å². The second-order valence-corrected chi connectivity index (χ2v) is 4.33. The molecule has 0 aliphatic carbocycles. The van der Waals surface area contributed by atoms with Crippen molar-refractivity contribution in [2.24, 2.45) is 0 Å². The van der Waals surface area contributed by atoms with E-state index in [0.717, 1.165) is 11.4 Å². The van der Waals surface area contributed by atoms with Gasteiger partial charge in [-0.3, -0.25) is 15.1 Å². The molecule has 2 rings (SSSR count). The van der Waals surface area contributed by atoms with Crippen molar-refractivity contribution in [3.05, 3.63) is 60.7 Å². The van der Waals surface area contributed by atoms with E-state index in [1.807, 2.05) is 60.7 Å². The van der Waals surface area contributed by atoms with E-state index in [1.54, 1.807) is 0 Å². The minimum absolute atomic E-state index is 0.000453. The Morgan fingerprint density at radius 2 is 1.50 bits per heavy atom. The molecule has 4 heteroatoms. The molecule has 104 valence electrons. The molecule has 0 spiro atoms. The maximum absolute atomic E-state index is 11.7. The maximum Gasteiger partial charge on any atom is 0.224 e. The summed E-state index contributed by atoms with van der Waals surface area (Å²) >= 11 is 0. The predicted molar refractivity (Wildman–Crippen MR) is 80.3 cm³/mol. The summed E-state index contributed by atoms with van der Waals surface area (Å²) in [4.78, 5) is 16.9. The van der Waals surface area contributed by atoms with Crippen molar-refractivity contribution in [3.63, 3.8) is 0 Å². The quantitative estimate of drug-likeness (QED) is 0.598. The Hall–Kier alpha value is -2.33. The van der Waals surface area contributed by atoms with Crippen LogP contribution < -0.4 is 10.8 Å². The standard InChI is InChI=1S/C16H18N2O2/c19-16(17-14-8-3-1-4-9-14)12-7-13-20-18-15-10-5-2-6-11-15/h1-6,8-11,18H,7,12-13H2,(H,17,19). The Morgan fingerprint density at radius 1 is 0.900 bits per heavy atom. The fraction of sp³-hybridized carbons (Fsp3) is 0.188. The van der Waals surface area contributed by atoms with E-state index in [1.165, 1.54) is 0 Å². The van der Waals surface area contributed by atoms with E-state index in [9.17, 15) is 4.79 Å². The van der Waals surface area contributed by atoms with Gasteiger partial charge in [0.25, 0.3) is 0 Å². The van der Waals surface area contributed by atoms with Crippen LogP contribution in [-0.2, 0) is 9.63 Å². The van der Waals surface area contributed by atoms with E-state index in [-0.39, 0.29) is 5.91 Å². The summed E-state index contributed by atoms with van der Waals surface area (Å²) in [6.45, 7) is 0.483. The Balaban J connectivity index is 1.58. The Morgan fingerprint density at radius 3 is 2.15 bits per heavy atom. The summed E-state index contributed by atoms with van der Waals surface area (Å²) in [7, 11) is 0. The van der Waals surface area contributed by atoms with Gasteiger partial charge in [-0.25, -0.2) is 0 Å². The molecule has 4 nitrogen and oxygen atoms in total. The zero-order chi connectivity index (χ0) is 14.0. The van der Waals surface area contributed by atoms with Gasteiger partial charge < -0.3 is 5.32 Å². The summed E-state index contributed by atoms with van der Waals surface area (Å²) in [6.07, 6.45) is 1.10. The zero-order valence-corrected chi connectivity index (χ0v) is 11.2. The van der Waals surface area contributed by atoms with E-state index in [4.69, 9.17) is 4.84 Å². The lowest BCUT2D eigenvalue weighted by Gasteiger charge is -2.07. The van der Waals surface area contributed by atoms with Gasteiger partial charge in [-0.15, -0.1) is 0 Å². The number of nitrogens with one attached hydrogen (secondary N) is 2. The highest BCUT2D eigenvalue weighted by atomic mass is 16.6. The number of hydrogen-bond acceptors (Lipinski definition) is 3. The third kappa shape index (κ3) is 5.12. The molecule has 1 amide bonds. The lowest BCUT2D eigenvalue weighted by atomic mass is 10.3. The number of hydrogen-bond donors (Lipinski definition) is 2. The first-order valence-corrected chi connectivity index (χ1v) is 6.62. The molecule has 0 heterocycles. The van der Waals surface area contributed by atoms with Gasteiger partial charge in [-0.2, -0.15) is 0 Å². The zero-order valence-electron chi connectivity index (χ0n) is 11.2. The predicted octanol–water partition coefficient (Wildman–Crippen LogP) is 3.45. The number of anilines is 2. The van der Waals surface area contributed by atoms with Crippen molar-refractivity contribution < 1.29 is 9.63 Å². The van der Waals surface area contributed by atoms with Crippen molar-refractivity contribution in [2.45, 2.75) is 12.8 Å². The third-order valence-electron chi connectivity index (χ3n) is 2.67. The lowest BCUT2D eigenvalue weighted by molar-refractivity contribution is -0.116. The highest BCUT2D eigenvalue weighted by Gasteiger charge is 2.01. The minimum Gasteiger partial charge on any atom is -0.326 e. The van der Waals surface area contributed by atoms with Crippen LogP contribution in [0.1, 0.15) is 12.8 Å². The van der Waals surface area contributed by atoms with E-state index in [0.29, 0.717) is 19.4 Å². The van der Waals surface area contributed by atoms with Crippen LogP contribution >= 0.6 is 0 Å². The molecule has 0 saturated carbocycles. The van der Waals surface area contributed by atoms with Gasteiger partial charge in [0.05, 0.1) is 12.3 Å². The van der Waals surface area contributed by atoms with E-state index in [2.05, 4.69) is 10.8 Å². The lowest BCUT2D eigenvalue weighted by Crippen LogP contribution is -2.12. The van der Waals surface area contributed by atoms with Crippen LogP contribution in [0.5, 0.6) is 0 Å². The molecule has 0 unspecified atom stereocenters. The molecular formula is C16H18N2O2. The molecule has 0 saturated heterocycles. The first-order valence-electron chi connectivity index (χ1n) is 6.62. The first-order chi connectivity index (χ1) is 9.84. The van der Waals surface area contributed by atoms with Gasteiger partial charge in [0, 0.05) is 12.1 Å². The molecular weight excluding hydrogens is 252 g/mol. The topological polar surface area (TPSA) is 50.4 Å². The number of amides is 1. The van der Waals surface area contributed by atoms with Gasteiger partial charge in [0.15, 0.2) is 0 Å². The maximum atomic E-state index is 11.7. The van der Waals surface area contributed by atoms with Crippen LogP contribution in [0.2, 0.25) is 0 Å². The van der Waals surface area contributed by atoms with Crippen LogP contribution in [-0.4, -0.2) is 12.5 Å². The van der Waals surface area contributed by atoms with Gasteiger partial charge in [-0.1, -0.05) is 36.4 Å². The number of rotatable bonds is 7. The Bertz CT molecular complexity index is 515. The number of para-hydroxylation sites is 2. The highest BCUT2D eigenvalue weighted by molar-refractivity contribution is 5.90. The molecule has 0 radical (unpaired) electrons. The van der Waals surface area contributed by atoms with E-state index >= 15 is 0 Å². The molecule has 20 heavy (non-hydrogen) atoms. The van der Waals surface area contributed by atoms with Gasteiger partial charge in [-0.05, 0) is 30.7 Å². The smallest absolute Gasteiger partial charge is 0.224 e.